The van der Waals surface area contributed by atoms with Crippen LogP contribution < -0.4 is 4.72 Å². The Hall–Kier alpha value is -1.83. The molecule has 1 atom stereocenters. The van der Waals surface area contributed by atoms with E-state index in [4.69, 9.17) is 0 Å². The van der Waals surface area contributed by atoms with Crippen molar-refractivity contribution in [2.24, 2.45) is 0 Å². The fourth-order valence-electron chi connectivity index (χ4n) is 1.94. The van der Waals surface area contributed by atoms with Crippen molar-refractivity contribution < 1.29 is 22.3 Å². The maximum atomic E-state index is 13.6. The van der Waals surface area contributed by atoms with Gasteiger partial charge in [-0.15, -0.1) is 0 Å². The molecule has 2 N–H and O–H groups in total. The minimum absolute atomic E-state index is 0.0325. The lowest BCUT2D eigenvalue weighted by Gasteiger charge is -2.14. The van der Waals surface area contributed by atoms with Crippen molar-refractivity contribution in [3.8, 4) is 0 Å². The number of rotatable bonds is 5. The maximum absolute atomic E-state index is 13.6. The average Bonchev–Trinajstić information content (AvgIpc) is 2.48. The molecule has 0 spiro atoms. The molecule has 0 aliphatic carbocycles. The van der Waals surface area contributed by atoms with E-state index in [0.29, 0.717) is 5.56 Å². The zero-order valence-corrected chi connectivity index (χ0v) is 12.6. The zero-order valence-electron chi connectivity index (χ0n) is 11.8. The highest BCUT2D eigenvalue weighted by Gasteiger charge is 2.21. The Kier molecular flexibility index (Phi) is 4.90. The summed E-state index contributed by atoms with van der Waals surface area (Å²) >= 11 is 0. The summed E-state index contributed by atoms with van der Waals surface area (Å²) in [5.74, 6) is -1.53. The van der Waals surface area contributed by atoms with Gasteiger partial charge in [-0.25, -0.2) is 21.9 Å². The highest BCUT2D eigenvalue weighted by atomic mass is 32.2. The summed E-state index contributed by atoms with van der Waals surface area (Å²) in [6.07, 6.45) is -1.37. The summed E-state index contributed by atoms with van der Waals surface area (Å²) in [4.78, 5) is -0.506. The number of benzene rings is 2. The molecule has 4 nitrogen and oxygen atoms in total. The van der Waals surface area contributed by atoms with Crippen molar-refractivity contribution in [1.29, 1.82) is 0 Å². The van der Waals surface area contributed by atoms with E-state index in [-0.39, 0.29) is 5.56 Å². The molecule has 1 unspecified atom stereocenters. The van der Waals surface area contributed by atoms with Gasteiger partial charge in [0, 0.05) is 12.1 Å². The third-order valence-corrected chi connectivity index (χ3v) is 4.55. The summed E-state index contributed by atoms with van der Waals surface area (Å²) in [6.45, 7) is 1.17. The molecule has 0 aliphatic rings. The van der Waals surface area contributed by atoms with Gasteiger partial charge < -0.3 is 5.11 Å². The number of sulfonamides is 1. The van der Waals surface area contributed by atoms with Crippen LogP contribution in [0.1, 0.15) is 17.2 Å². The largest absolute Gasteiger partial charge is 0.387 e. The molecular formula is C15H15F2NO3S. The van der Waals surface area contributed by atoms with Gasteiger partial charge in [-0.1, -0.05) is 24.3 Å². The topological polar surface area (TPSA) is 66.4 Å². The van der Waals surface area contributed by atoms with Gasteiger partial charge in [0.05, 0.1) is 6.10 Å². The number of hydrogen-bond acceptors (Lipinski definition) is 3. The van der Waals surface area contributed by atoms with Crippen molar-refractivity contribution in [3.63, 3.8) is 0 Å². The Bertz CT molecular complexity index is 778. The molecule has 22 heavy (non-hydrogen) atoms. The average molecular weight is 327 g/mol. The maximum Gasteiger partial charge on any atom is 0.243 e. The molecule has 0 saturated carbocycles. The van der Waals surface area contributed by atoms with Crippen LogP contribution in [0.5, 0.6) is 0 Å². The summed E-state index contributed by atoms with van der Waals surface area (Å²) in [5, 5.41) is 9.87. The third-order valence-electron chi connectivity index (χ3n) is 3.11. The standard InChI is InChI=1S/C15H15F2NO3S/c1-10-6-7-13(17)15(8-10)22(20,21)18-9-14(19)11-4-2-3-5-12(11)16/h2-8,14,18-19H,9H2,1H3. The minimum Gasteiger partial charge on any atom is -0.387 e. The molecule has 2 rings (SSSR count). The Balaban J connectivity index is 2.16. The molecular weight excluding hydrogens is 312 g/mol. The first-order valence-electron chi connectivity index (χ1n) is 6.49. The quantitative estimate of drug-likeness (QED) is 0.885. The summed E-state index contributed by atoms with van der Waals surface area (Å²) in [5.41, 5.74) is 0.548. The van der Waals surface area contributed by atoms with E-state index < -0.39 is 39.2 Å². The Labute approximate surface area is 127 Å². The lowest BCUT2D eigenvalue weighted by atomic mass is 10.1. The van der Waals surface area contributed by atoms with Crippen LogP contribution in [0.4, 0.5) is 8.78 Å². The van der Waals surface area contributed by atoms with E-state index in [0.717, 1.165) is 12.1 Å². The van der Waals surface area contributed by atoms with Crippen LogP contribution in [0.25, 0.3) is 0 Å². The monoisotopic (exact) mass is 327 g/mol. The Morgan fingerprint density at radius 3 is 2.50 bits per heavy atom. The van der Waals surface area contributed by atoms with Gasteiger partial charge in [0.2, 0.25) is 10.0 Å². The van der Waals surface area contributed by atoms with E-state index >= 15 is 0 Å². The van der Waals surface area contributed by atoms with Crippen LogP contribution >= 0.6 is 0 Å². The molecule has 0 bridgehead atoms. The molecule has 7 heteroatoms. The van der Waals surface area contributed by atoms with Gasteiger partial charge in [-0.3, -0.25) is 0 Å². The molecule has 2 aromatic carbocycles. The minimum atomic E-state index is -4.14. The van der Waals surface area contributed by atoms with Crippen LogP contribution in [-0.4, -0.2) is 20.1 Å². The smallest absolute Gasteiger partial charge is 0.243 e. The number of halogens is 2. The lowest BCUT2D eigenvalue weighted by molar-refractivity contribution is 0.177. The van der Waals surface area contributed by atoms with E-state index in [1.165, 1.54) is 30.3 Å². The summed E-state index contributed by atoms with van der Waals surface area (Å²) in [6, 6.07) is 9.18. The first kappa shape index (κ1) is 16.5. The second-order valence-electron chi connectivity index (χ2n) is 4.82. The predicted octanol–water partition coefficient (Wildman–Crippen LogP) is 2.29. The fraction of sp³-hybridized carbons (Fsp3) is 0.200. The van der Waals surface area contributed by atoms with Crippen LogP contribution in [0.15, 0.2) is 47.4 Å². The van der Waals surface area contributed by atoms with Crippen molar-refractivity contribution in [1.82, 2.24) is 4.72 Å². The van der Waals surface area contributed by atoms with Crippen molar-refractivity contribution in [3.05, 3.63) is 65.2 Å². The van der Waals surface area contributed by atoms with Crippen molar-refractivity contribution >= 4 is 10.0 Å². The number of aliphatic hydroxyl groups excluding tert-OH is 1. The number of aliphatic hydroxyl groups is 1. The molecule has 2 aromatic rings. The second-order valence-corrected chi connectivity index (χ2v) is 6.56. The summed E-state index contributed by atoms with van der Waals surface area (Å²) in [7, 11) is -4.14. The Morgan fingerprint density at radius 2 is 1.82 bits per heavy atom. The van der Waals surface area contributed by atoms with E-state index in [2.05, 4.69) is 4.72 Å². The highest BCUT2D eigenvalue weighted by Crippen LogP contribution is 2.19. The fourth-order valence-corrected chi connectivity index (χ4v) is 3.14. The molecule has 0 saturated heterocycles. The number of hydrogen-bond donors (Lipinski definition) is 2. The second kappa shape index (κ2) is 6.51. The van der Waals surface area contributed by atoms with E-state index in [9.17, 15) is 22.3 Å². The van der Waals surface area contributed by atoms with Gasteiger partial charge in [-0.2, -0.15) is 0 Å². The SMILES string of the molecule is Cc1ccc(F)c(S(=O)(=O)NCC(O)c2ccccc2F)c1. The predicted molar refractivity (Wildman–Crippen MR) is 77.7 cm³/mol. The normalized spacial score (nSPS) is 13.1. The molecule has 118 valence electrons. The third kappa shape index (κ3) is 3.68. The molecule has 0 amide bonds. The summed E-state index contributed by atoms with van der Waals surface area (Å²) < 4.78 is 53.4. The van der Waals surface area contributed by atoms with Crippen molar-refractivity contribution in [2.45, 2.75) is 17.9 Å². The van der Waals surface area contributed by atoms with Crippen LogP contribution in [0.2, 0.25) is 0 Å². The molecule has 0 aliphatic heterocycles. The van der Waals surface area contributed by atoms with Crippen LogP contribution in [0, 0.1) is 18.6 Å². The van der Waals surface area contributed by atoms with Gasteiger partial charge in [0.25, 0.3) is 0 Å². The molecule has 0 aromatic heterocycles. The van der Waals surface area contributed by atoms with E-state index in [1.807, 2.05) is 0 Å². The number of aryl methyl sites for hydroxylation is 1. The van der Waals surface area contributed by atoms with E-state index in [1.54, 1.807) is 6.92 Å². The molecule has 0 fully saturated rings. The van der Waals surface area contributed by atoms with Crippen LogP contribution in [0.3, 0.4) is 0 Å². The lowest BCUT2D eigenvalue weighted by Crippen LogP contribution is -2.29. The van der Waals surface area contributed by atoms with Crippen LogP contribution in [-0.2, 0) is 10.0 Å². The zero-order chi connectivity index (χ0) is 16.3. The van der Waals surface area contributed by atoms with Gasteiger partial charge in [-0.05, 0) is 30.7 Å². The van der Waals surface area contributed by atoms with Gasteiger partial charge in [0.1, 0.15) is 16.5 Å². The highest BCUT2D eigenvalue weighted by molar-refractivity contribution is 7.89. The van der Waals surface area contributed by atoms with Crippen molar-refractivity contribution in [2.75, 3.05) is 6.54 Å². The van der Waals surface area contributed by atoms with Gasteiger partial charge >= 0.3 is 0 Å². The number of nitrogens with one attached hydrogen (secondary N) is 1. The molecule has 0 radical (unpaired) electrons. The first-order valence-corrected chi connectivity index (χ1v) is 7.98. The molecule has 0 heterocycles. The van der Waals surface area contributed by atoms with Gasteiger partial charge in [0.15, 0.2) is 0 Å². The first-order chi connectivity index (χ1) is 10.3. The Morgan fingerprint density at radius 1 is 1.14 bits per heavy atom.